The van der Waals surface area contributed by atoms with Crippen molar-refractivity contribution in [2.45, 2.75) is 26.3 Å². The standard InChI is InChI=1S/C12H17N5O/c1-4-10-5-11(17(3)16-10)12(18)15-8(2)9-6-13-14-7-9/h5-8H,4H2,1-3H3,(H,13,14)(H,15,18). The minimum atomic E-state index is -0.126. The molecule has 0 aliphatic carbocycles. The zero-order valence-corrected chi connectivity index (χ0v) is 10.8. The van der Waals surface area contributed by atoms with Gasteiger partial charge in [0.1, 0.15) is 5.69 Å². The molecule has 0 spiro atoms. The molecule has 0 saturated carbocycles. The lowest BCUT2D eigenvalue weighted by molar-refractivity contribution is 0.0930. The number of aromatic nitrogens is 4. The van der Waals surface area contributed by atoms with Crippen molar-refractivity contribution >= 4 is 5.91 Å². The monoisotopic (exact) mass is 247 g/mol. The topological polar surface area (TPSA) is 75.6 Å². The van der Waals surface area contributed by atoms with E-state index in [1.165, 1.54) is 0 Å². The number of aryl methyl sites for hydroxylation is 2. The van der Waals surface area contributed by atoms with E-state index in [1.807, 2.05) is 19.9 Å². The molecule has 0 saturated heterocycles. The maximum atomic E-state index is 12.1. The van der Waals surface area contributed by atoms with Gasteiger partial charge < -0.3 is 5.32 Å². The summed E-state index contributed by atoms with van der Waals surface area (Å²) < 4.78 is 1.61. The van der Waals surface area contributed by atoms with Crippen molar-refractivity contribution in [2.75, 3.05) is 0 Å². The van der Waals surface area contributed by atoms with E-state index in [4.69, 9.17) is 0 Å². The largest absolute Gasteiger partial charge is 0.344 e. The number of carbonyl (C=O) groups excluding carboxylic acids is 1. The number of H-pyrrole nitrogens is 1. The summed E-state index contributed by atoms with van der Waals surface area (Å²) in [4.78, 5) is 12.1. The molecule has 0 aliphatic heterocycles. The molecule has 2 aromatic heterocycles. The lowest BCUT2D eigenvalue weighted by atomic mass is 10.2. The van der Waals surface area contributed by atoms with Gasteiger partial charge in [-0.2, -0.15) is 10.2 Å². The van der Waals surface area contributed by atoms with Gasteiger partial charge in [0.2, 0.25) is 0 Å². The highest BCUT2D eigenvalue weighted by Gasteiger charge is 2.16. The van der Waals surface area contributed by atoms with Crippen LogP contribution in [-0.2, 0) is 13.5 Å². The number of hydrogen-bond donors (Lipinski definition) is 2. The molecule has 18 heavy (non-hydrogen) atoms. The summed E-state index contributed by atoms with van der Waals surface area (Å²) in [7, 11) is 1.77. The molecule has 1 atom stereocenters. The minimum absolute atomic E-state index is 0.0868. The van der Waals surface area contributed by atoms with Crippen molar-refractivity contribution in [1.82, 2.24) is 25.3 Å². The van der Waals surface area contributed by atoms with E-state index >= 15 is 0 Å². The van der Waals surface area contributed by atoms with E-state index in [-0.39, 0.29) is 11.9 Å². The van der Waals surface area contributed by atoms with Gasteiger partial charge in [0, 0.05) is 18.8 Å². The van der Waals surface area contributed by atoms with Crippen LogP contribution < -0.4 is 5.32 Å². The first-order chi connectivity index (χ1) is 8.61. The number of carbonyl (C=O) groups is 1. The quantitative estimate of drug-likeness (QED) is 0.852. The Hall–Kier alpha value is -2.11. The van der Waals surface area contributed by atoms with E-state index in [0.717, 1.165) is 17.7 Å². The fourth-order valence-electron chi connectivity index (χ4n) is 1.76. The molecule has 1 amide bonds. The zero-order chi connectivity index (χ0) is 13.1. The average Bonchev–Trinajstić information content (AvgIpc) is 2.97. The molecule has 96 valence electrons. The molecule has 2 aromatic rings. The predicted octanol–water partition coefficient (Wildman–Crippen LogP) is 1.20. The second-order valence-corrected chi connectivity index (χ2v) is 4.22. The van der Waals surface area contributed by atoms with Gasteiger partial charge in [-0.1, -0.05) is 6.92 Å². The van der Waals surface area contributed by atoms with Crippen LogP contribution in [0.25, 0.3) is 0 Å². The van der Waals surface area contributed by atoms with Crippen molar-refractivity contribution < 1.29 is 4.79 Å². The smallest absolute Gasteiger partial charge is 0.270 e. The van der Waals surface area contributed by atoms with Gasteiger partial charge in [0.05, 0.1) is 17.9 Å². The second kappa shape index (κ2) is 5.03. The summed E-state index contributed by atoms with van der Waals surface area (Å²) in [6.45, 7) is 3.93. The van der Waals surface area contributed by atoms with Crippen LogP contribution in [0, 0.1) is 0 Å². The van der Waals surface area contributed by atoms with Gasteiger partial charge in [-0.15, -0.1) is 0 Å². The number of nitrogens with zero attached hydrogens (tertiary/aromatic N) is 3. The first-order valence-electron chi connectivity index (χ1n) is 5.94. The first-order valence-corrected chi connectivity index (χ1v) is 5.94. The lowest BCUT2D eigenvalue weighted by Gasteiger charge is -2.11. The van der Waals surface area contributed by atoms with Crippen molar-refractivity contribution in [2.24, 2.45) is 7.05 Å². The van der Waals surface area contributed by atoms with Crippen molar-refractivity contribution in [3.63, 3.8) is 0 Å². The van der Waals surface area contributed by atoms with Crippen LogP contribution in [0.5, 0.6) is 0 Å². The molecule has 6 nitrogen and oxygen atoms in total. The van der Waals surface area contributed by atoms with Gasteiger partial charge in [-0.3, -0.25) is 14.6 Å². The third kappa shape index (κ3) is 2.42. The number of hydrogen-bond acceptors (Lipinski definition) is 3. The molecule has 2 heterocycles. The van der Waals surface area contributed by atoms with Gasteiger partial charge in [0.25, 0.3) is 5.91 Å². The Balaban J connectivity index is 2.09. The molecular formula is C12H17N5O. The average molecular weight is 247 g/mol. The van der Waals surface area contributed by atoms with Gasteiger partial charge >= 0.3 is 0 Å². The number of aromatic amines is 1. The molecular weight excluding hydrogens is 230 g/mol. The molecule has 0 aliphatic rings. The molecule has 0 radical (unpaired) electrons. The Morgan fingerprint density at radius 2 is 2.39 bits per heavy atom. The van der Waals surface area contributed by atoms with E-state index < -0.39 is 0 Å². The van der Waals surface area contributed by atoms with Crippen LogP contribution in [0.3, 0.4) is 0 Å². The summed E-state index contributed by atoms with van der Waals surface area (Å²) in [6.07, 6.45) is 4.29. The normalized spacial score (nSPS) is 12.4. The SMILES string of the molecule is CCc1cc(C(=O)NC(C)c2cn[nH]c2)n(C)n1. The van der Waals surface area contributed by atoms with E-state index in [0.29, 0.717) is 5.69 Å². The highest BCUT2D eigenvalue weighted by Crippen LogP contribution is 2.11. The van der Waals surface area contributed by atoms with Crippen LogP contribution in [0.15, 0.2) is 18.5 Å². The van der Waals surface area contributed by atoms with Crippen LogP contribution in [0.2, 0.25) is 0 Å². The van der Waals surface area contributed by atoms with Crippen LogP contribution >= 0.6 is 0 Å². The predicted molar refractivity (Wildman–Crippen MR) is 67.1 cm³/mol. The number of nitrogens with one attached hydrogen (secondary N) is 2. The minimum Gasteiger partial charge on any atom is -0.344 e. The van der Waals surface area contributed by atoms with Gasteiger partial charge in [-0.05, 0) is 19.4 Å². The Morgan fingerprint density at radius 1 is 1.61 bits per heavy atom. The van der Waals surface area contributed by atoms with E-state index in [2.05, 4.69) is 20.6 Å². The van der Waals surface area contributed by atoms with Crippen molar-refractivity contribution in [3.8, 4) is 0 Å². The summed E-state index contributed by atoms with van der Waals surface area (Å²) in [5, 5.41) is 13.8. The maximum Gasteiger partial charge on any atom is 0.270 e. The molecule has 6 heteroatoms. The Bertz CT molecular complexity index is 529. The van der Waals surface area contributed by atoms with Gasteiger partial charge in [0.15, 0.2) is 0 Å². The maximum absolute atomic E-state index is 12.1. The molecule has 0 aromatic carbocycles. The fraction of sp³-hybridized carbons (Fsp3) is 0.417. The first kappa shape index (κ1) is 12.3. The molecule has 0 fully saturated rings. The third-order valence-corrected chi connectivity index (χ3v) is 2.89. The summed E-state index contributed by atoms with van der Waals surface area (Å²) in [5.41, 5.74) is 2.43. The fourth-order valence-corrected chi connectivity index (χ4v) is 1.76. The second-order valence-electron chi connectivity index (χ2n) is 4.22. The molecule has 2 rings (SSSR count). The molecule has 2 N–H and O–H groups in total. The van der Waals surface area contributed by atoms with Crippen molar-refractivity contribution in [1.29, 1.82) is 0 Å². The van der Waals surface area contributed by atoms with Crippen molar-refractivity contribution in [3.05, 3.63) is 35.4 Å². The number of amides is 1. The van der Waals surface area contributed by atoms with Crippen LogP contribution in [0.1, 0.15) is 41.6 Å². The molecule has 0 bridgehead atoms. The highest BCUT2D eigenvalue weighted by molar-refractivity contribution is 5.92. The Morgan fingerprint density at radius 3 is 2.94 bits per heavy atom. The lowest BCUT2D eigenvalue weighted by Crippen LogP contribution is -2.28. The third-order valence-electron chi connectivity index (χ3n) is 2.89. The Kier molecular flexibility index (Phi) is 3.45. The zero-order valence-electron chi connectivity index (χ0n) is 10.8. The van der Waals surface area contributed by atoms with Crippen LogP contribution in [-0.4, -0.2) is 25.9 Å². The number of rotatable bonds is 4. The summed E-state index contributed by atoms with van der Waals surface area (Å²) in [6, 6.07) is 1.73. The van der Waals surface area contributed by atoms with E-state index in [1.54, 1.807) is 24.1 Å². The summed E-state index contributed by atoms with van der Waals surface area (Å²) in [5.74, 6) is -0.126. The summed E-state index contributed by atoms with van der Waals surface area (Å²) >= 11 is 0. The molecule has 1 unspecified atom stereocenters. The Labute approximate surface area is 105 Å². The van der Waals surface area contributed by atoms with Crippen LogP contribution in [0.4, 0.5) is 0 Å². The highest BCUT2D eigenvalue weighted by atomic mass is 16.2. The van der Waals surface area contributed by atoms with Gasteiger partial charge in [-0.25, -0.2) is 0 Å². The van der Waals surface area contributed by atoms with E-state index in [9.17, 15) is 4.79 Å².